The molecule has 1 saturated heterocycles. The minimum atomic E-state index is -0.238. The van der Waals surface area contributed by atoms with E-state index in [2.05, 4.69) is 24.9 Å². The van der Waals surface area contributed by atoms with Crippen LogP contribution in [0, 0.1) is 6.92 Å². The number of ether oxygens (including phenoxy) is 1. The first kappa shape index (κ1) is 19.5. The first-order chi connectivity index (χ1) is 13.1. The van der Waals surface area contributed by atoms with E-state index in [1.165, 1.54) is 11.5 Å². The number of pyridine rings is 1. The van der Waals surface area contributed by atoms with Crippen molar-refractivity contribution in [3.05, 3.63) is 35.8 Å². The van der Waals surface area contributed by atoms with Crippen LogP contribution in [0.2, 0.25) is 0 Å². The number of aliphatic hydroxyl groups is 1. The lowest BCUT2D eigenvalue weighted by Gasteiger charge is -2.38. The van der Waals surface area contributed by atoms with Gasteiger partial charge in [0.05, 0.1) is 25.6 Å². The lowest BCUT2D eigenvalue weighted by atomic mass is 9.89. The Morgan fingerprint density at radius 2 is 2.33 bits per heavy atom. The van der Waals surface area contributed by atoms with Crippen LogP contribution in [0.15, 0.2) is 24.4 Å². The Bertz CT molecular complexity index is 752. The number of piperidine rings is 1. The monoisotopic (exact) mass is 391 g/mol. The fourth-order valence-electron chi connectivity index (χ4n) is 3.31. The van der Waals surface area contributed by atoms with E-state index in [4.69, 9.17) is 4.74 Å². The summed E-state index contributed by atoms with van der Waals surface area (Å²) < 4.78 is 9.36. The molecular formula is C18H25N5O3S. The van der Waals surface area contributed by atoms with Crippen molar-refractivity contribution in [1.29, 1.82) is 0 Å². The zero-order valence-corrected chi connectivity index (χ0v) is 16.3. The zero-order chi connectivity index (χ0) is 19.2. The lowest BCUT2D eigenvalue weighted by Crippen LogP contribution is -2.51. The van der Waals surface area contributed by atoms with Crippen LogP contribution in [0.5, 0.6) is 5.75 Å². The molecule has 2 aromatic rings. The highest BCUT2D eigenvalue weighted by molar-refractivity contribution is 7.10. The number of rotatable bonds is 6. The average molecular weight is 391 g/mol. The Hall–Kier alpha value is -2.23. The van der Waals surface area contributed by atoms with E-state index in [-0.39, 0.29) is 24.6 Å². The molecule has 1 aliphatic heterocycles. The van der Waals surface area contributed by atoms with Gasteiger partial charge < -0.3 is 20.1 Å². The van der Waals surface area contributed by atoms with Gasteiger partial charge in [-0.05, 0) is 43.1 Å². The molecule has 2 amide bonds. The van der Waals surface area contributed by atoms with Crippen LogP contribution >= 0.6 is 11.5 Å². The van der Waals surface area contributed by atoms with Crippen LogP contribution in [-0.2, 0) is 0 Å². The van der Waals surface area contributed by atoms with Crippen molar-refractivity contribution in [2.45, 2.75) is 25.3 Å². The number of methoxy groups -OCH3 is 1. The minimum absolute atomic E-state index is 0.0325. The largest absolute Gasteiger partial charge is 0.495 e. The molecule has 2 aromatic heterocycles. The number of aliphatic hydroxyl groups excluding tert-OH is 1. The highest BCUT2D eigenvalue weighted by Crippen LogP contribution is 2.27. The number of hydrogen-bond acceptors (Lipinski definition) is 7. The van der Waals surface area contributed by atoms with Gasteiger partial charge in [-0.25, -0.2) is 4.79 Å². The summed E-state index contributed by atoms with van der Waals surface area (Å²) >= 11 is 1.26. The van der Waals surface area contributed by atoms with Gasteiger partial charge in [-0.15, -0.1) is 0 Å². The molecule has 0 saturated carbocycles. The van der Waals surface area contributed by atoms with Crippen LogP contribution < -0.4 is 15.4 Å². The Morgan fingerprint density at radius 3 is 2.96 bits per heavy atom. The van der Waals surface area contributed by atoms with Crippen molar-refractivity contribution in [3.63, 3.8) is 0 Å². The Balaban J connectivity index is 1.70. The lowest BCUT2D eigenvalue weighted by molar-refractivity contribution is 0.141. The average Bonchev–Trinajstić information content (AvgIpc) is 3.08. The molecule has 2 atom stereocenters. The molecule has 3 rings (SSSR count). The Kier molecular flexibility index (Phi) is 6.59. The standard InChI is InChI=1S/C18H25N5O3S/c1-12-9-17(27-22-12)21-18(25)20-16-5-6-23(7-8-24)11-14(16)15-4-3-13(26-2)10-19-15/h3-4,9-10,14,16,24H,5-8,11H2,1-2H3,(H2,20,21,25)/t14-,16+/m0/s1. The van der Waals surface area contributed by atoms with Crippen molar-refractivity contribution >= 4 is 22.6 Å². The molecule has 0 aromatic carbocycles. The van der Waals surface area contributed by atoms with Crippen LogP contribution in [0.3, 0.4) is 0 Å². The molecule has 0 spiro atoms. The van der Waals surface area contributed by atoms with Crippen LogP contribution in [-0.4, -0.2) is 64.8 Å². The van der Waals surface area contributed by atoms with Gasteiger partial charge in [-0.1, -0.05) is 0 Å². The van der Waals surface area contributed by atoms with Gasteiger partial charge in [-0.3, -0.25) is 10.3 Å². The number of aryl methyl sites for hydroxylation is 1. The van der Waals surface area contributed by atoms with Crippen molar-refractivity contribution in [1.82, 2.24) is 19.6 Å². The van der Waals surface area contributed by atoms with Crippen molar-refractivity contribution in [3.8, 4) is 5.75 Å². The number of amides is 2. The number of carbonyl (C=O) groups excluding carboxylic acids is 1. The number of β-amino-alcohol motifs (C(OH)–C–C–N with tert-alkyl or cyclic N) is 1. The van der Waals surface area contributed by atoms with Gasteiger partial charge in [-0.2, -0.15) is 4.37 Å². The molecule has 0 bridgehead atoms. The van der Waals surface area contributed by atoms with Gasteiger partial charge in [0.1, 0.15) is 10.8 Å². The van der Waals surface area contributed by atoms with E-state index >= 15 is 0 Å². The maximum absolute atomic E-state index is 12.4. The number of hydrogen-bond donors (Lipinski definition) is 3. The molecule has 0 aliphatic carbocycles. The predicted octanol–water partition coefficient (Wildman–Crippen LogP) is 1.83. The molecule has 146 valence electrons. The van der Waals surface area contributed by atoms with Gasteiger partial charge in [0.15, 0.2) is 0 Å². The first-order valence-electron chi connectivity index (χ1n) is 8.93. The number of aromatic nitrogens is 2. The van der Waals surface area contributed by atoms with Crippen LogP contribution in [0.4, 0.5) is 9.80 Å². The number of carbonyl (C=O) groups is 1. The second kappa shape index (κ2) is 9.12. The maximum Gasteiger partial charge on any atom is 0.320 e. The molecule has 8 nitrogen and oxygen atoms in total. The molecule has 9 heteroatoms. The predicted molar refractivity (Wildman–Crippen MR) is 104 cm³/mol. The molecule has 3 heterocycles. The third kappa shape index (κ3) is 5.15. The molecule has 3 N–H and O–H groups in total. The fraction of sp³-hybridized carbons (Fsp3) is 0.500. The number of anilines is 1. The molecule has 1 fully saturated rings. The van der Waals surface area contributed by atoms with Crippen LogP contribution in [0.1, 0.15) is 23.7 Å². The van der Waals surface area contributed by atoms with E-state index in [0.29, 0.717) is 12.3 Å². The Morgan fingerprint density at radius 1 is 1.48 bits per heavy atom. The maximum atomic E-state index is 12.4. The number of nitrogens with zero attached hydrogens (tertiary/aromatic N) is 3. The van der Waals surface area contributed by atoms with E-state index in [9.17, 15) is 9.90 Å². The van der Waals surface area contributed by atoms with E-state index in [0.717, 1.165) is 35.9 Å². The molecule has 27 heavy (non-hydrogen) atoms. The van der Waals surface area contributed by atoms with E-state index in [1.54, 1.807) is 13.3 Å². The van der Waals surface area contributed by atoms with E-state index in [1.807, 2.05) is 25.1 Å². The fourth-order valence-corrected chi connectivity index (χ4v) is 3.96. The minimum Gasteiger partial charge on any atom is -0.495 e. The summed E-state index contributed by atoms with van der Waals surface area (Å²) in [4.78, 5) is 19.1. The van der Waals surface area contributed by atoms with Crippen molar-refractivity contribution in [2.24, 2.45) is 0 Å². The molecule has 0 radical (unpaired) electrons. The summed E-state index contributed by atoms with van der Waals surface area (Å²) in [5, 5.41) is 15.9. The highest BCUT2D eigenvalue weighted by Gasteiger charge is 2.32. The third-order valence-corrected chi connectivity index (χ3v) is 5.47. The summed E-state index contributed by atoms with van der Waals surface area (Å²) in [6.45, 7) is 4.17. The van der Waals surface area contributed by atoms with Crippen molar-refractivity contribution in [2.75, 3.05) is 38.7 Å². The quantitative estimate of drug-likeness (QED) is 0.695. The topological polar surface area (TPSA) is 99.6 Å². The van der Waals surface area contributed by atoms with Crippen LogP contribution in [0.25, 0.3) is 0 Å². The summed E-state index contributed by atoms with van der Waals surface area (Å²) in [5.41, 5.74) is 1.78. The second-order valence-corrected chi connectivity index (χ2v) is 7.38. The second-order valence-electron chi connectivity index (χ2n) is 6.58. The zero-order valence-electron chi connectivity index (χ0n) is 15.5. The summed E-state index contributed by atoms with van der Waals surface area (Å²) in [5.74, 6) is 0.731. The van der Waals surface area contributed by atoms with Gasteiger partial charge >= 0.3 is 6.03 Å². The van der Waals surface area contributed by atoms with Gasteiger partial charge in [0, 0.05) is 37.3 Å². The van der Waals surface area contributed by atoms with Gasteiger partial charge in [0.2, 0.25) is 0 Å². The number of urea groups is 1. The highest BCUT2D eigenvalue weighted by atomic mass is 32.1. The summed E-state index contributed by atoms with van der Waals surface area (Å²) in [7, 11) is 1.61. The van der Waals surface area contributed by atoms with Crippen molar-refractivity contribution < 1.29 is 14.6 Å². The molecule has 1 aliphatic rings. The van der Waals surface area contributed by atoms with E-state index < -0.39 is 0 Å². The Labute approximate surface area is 162 Å². The first-order valence-corrected chi connectivity index (χ1v) is 9.70. The SMILES string of the molecule is COc1ccc([C@@H]2CN(CCO)CC[C@H]2NC(=O)Nc2cc(C)ns2)nc1. The van der Waals surface area contributed by atoms with Gasteiger partial charge in [0.25, 0.3) is 0 Å². The number of nitrogens with one attached hydrogen (secondary N) is 2. The number of likely N-dealkylation sites (tertiary alicyclic amines) is 1. The summed E-state index contributed by atoms with van der Waals surface area (Å²) in [6, 6.07) is 5.37. The molecular weight excluding hydrogens is 366 g/mol. The molecule has 0 unspecified atom stereocenters. The normalized spacial score (nSPS) is 20.3. The summed E-state index contributed by atoms with van der Waals surface area (Å²) in [6.07, 6.45) is 2.48. The smallest absolute Gasteiger partial charge is 0.320 e. The third-order valence-electron chi connectivity index (χ3n) is 4.67.